The molecule has 2 N–H and O–H groups in total. The molecule has 4 aromatic rings. The number of nitrogens with one attached hydrogen (secondary N) is 2. The van der Waals surface area contributed by atoms with Crippen molar-refractivity contribution in [2.24, 2.45) is 9.98 Å². The normalized spacial score (nSPS) is 16.8. The topological polar surface area (TPSA) is 63.0 Å². The van der Waals surface area contributed by atoms with Crippen molar-refractivity contribution in [3.63, 3.8) is 0 Å². The molecular formula is C79H90N7+3. The molecule has 438 valence electrons. The Hall–Kier alpha value is -8.29. The molecule has 1 aromatic heterocycles. The molecule has 8 bridgehead atoms. The van der Waals surface area contributed by atoms with E-state index in [9.17, 15) is 0 Å². The van der Waals surface area contributed by atoms with Gasteiger partial charge in [0.1, 0.15) is 12.1 Å². The minimum atomic E-state index is 0.886. The Bertz CT molecular complexity index is 3580. The highest BCUT2D eigenvalue weighted by atomic mass is 15.1. The van der Waals surface area contributed by atoms with E-state index < -0.39 is 0 Å². The number of hydrogen-bond acceptors (Lipinski definition) is 4. The molecule has 7 heteroatoms. The molecule has 0 saturated heterocycles. The molecule has 0 saturated carbocycles. The first-order chi connectivity index (χ1) is 42.3. The van der Waals surface area contributed by atoms with E-state index in [1.54, 1.807) is 0 Å². The van der Waals surface area contributed by atoms with Crippen LogP contribution in [0.25, 0.3) is 22.3 Å². The van der Waals surface area contributed by atoms with Gasteiger partial charge in [0, 0.05) is 80.3 Å². The van der Waals surface area contributed by atoms with Crippen LogP contribution in [0.15, 0.2) is 239 Å². The Kier molecular flexibility index (Phi) is 20.5. The summed E-state index contributed by atoms with van der Waals surface area (Å²) in [6, 6.07) is 30.8. The van der Waals surface area contributed by atoms with E-state index in [0.717, 1.165) is 129 Å². The summed E-state index contributed by atoms with van der Waals surface area (Å²) in [5.41, 5.74) is 22.4. The van der Waals surface area contributed by atoms with Gasteiger partial charge in [-0.3, -0.25) is 0 Å². The molecular weight excluding hydrogens is 1050 g/mol. The minimum Gasteiger partial charge on any atom is -0.354 e. The fraction of sp³-hybridized carbons (Fsp3) is 0.329. The molecule has 86 heavy (non-hydrogen) atoms. The van der Waals surface area contributed by atoms with Crippen LogP contribution in [-0.4, -0.2) is 45.7 Å². The number of rotatable bonds is 27. The fourth-order valence-corrected chi connectivity index (χ4v) is 12.6. The van der Waals surface area contributed by atoms with E-state index in [-0.39, 0.29) is 0 Å². The third-order valence-corrected chi connectivity index (χ3v) is 17.6. The van der Waals surface area contributed by atoms with Crippen LogP contribution < -0.4 is 14.6 Å². The number of allylic oxidation sites excluding steroid dienone is 18. The molecule has 0 fully saturated rings. The number of nitrogens with zero attached hydrogens (tertiary/aromatic N) is 5. The summed E-state index contributed by atoms with van der Waals surface area (Å²) >= 11 is 0. The van der Waals surface area contributed by atoms with E-state index in [2.05, 4.69) is 247 Å². The van der Waals surface area contributed by atoms with Gasteiger partial charge < -0.3 is 9.80 Å². The maximum absolute atomic E-state index is 5.57. The zero-order chi connectivity index (χ0) is 58.9. The minimum absolute atomic E-state index is 0.886. The van der Waals surface area contributed by atoms with Gasteiger partial charge in [-0.15, -0.1) is 0 Å². The van der Waals surface area contributed by atoms with Gasteiger partial charge >= 0.3 is 0 Å². The van der Waals surface area contributed by atoms with E-state index >= 15 is 0 Å². The fourth-order valence-electron chi connectivity index (χ4n) is 12.6. The average molecular weight is 1140 g/mol. The van der Waals surface area contributed by atoms with Crippen molar-refractivity contribution in [1.29, 1.82) is 0 Å². The lowest BCUT2D eigenvalue weighted by molar-refractivity contribution is -0.697. The summed E-state index contributed by atoms with van der Waals surface area (Å²) in [4.78, 5) is 23.7. The van der Waals surface area contributed by atoms with Crippen LogP contribution in [0.2, 0.25) is 0 Å². The van der Waals surface area contributed by atoms with Crippen LogP contribution in [0.4, 0.5) is 0 Å². The number of aliphatic imine (C=N–C) groups is 2. The van der Waals surface area contributed by atoms with Crippen molar-refractivity contribution in [1.82, 2.24) is 9.80 Å². The van der Waals surface area contributed by atoms with Gasteiger partial charge in [-0.25, -0.2) is 24.5 Å². The summed E-state index contributed by atoms with van der Waals surface area (Å²) in [5.74, 6) is 0. The molecule has 0 amide bonds. The van der Waals surface area contributed by atoms with Crippen LogP contribution in [0.1, 0.15) is 168 Å². The van der Waals surface area contributed by atoms with Gasteiger partial charge in [0.05, 0.1) is 39.5 Å². The predicted octanol–water partition coefficient (Wildman–Crippen LogP) is 15.5. The van der Waals surface area contributed by atoms with Crippen molar-refractivity contribution in [3.8, 4) is 0 Å². The highest BCUT2D eigenvalue weighted by molar-refractivity contribution is 6.37. The molecule has 7 aliphatic rings. The van der Waals surface area contributed by atoms with Crippen molar-refractivity contribution < 1.29 is 14.6 Å². The van der Waals surface area contributed by atoms with Crippen molar-refractivity contribution in [2.45, 2.75) is 156 Å². The number of benzene rings is 3. The Morgan fingerprint density at radius 1 is 0.372 bits per heavy atom. The first-order valence-electron chi connectivity index (χ1n) is 32.7. The lowest BCUT2D eigenvalue weighted by atomic mass is 9.97. The van der Waals surface area contributed by atoms with E-state index in [4.69, 9.17) is 9.98 Å². The van der Waals surface area contributed by atoms with Crippen LogP contribution >= 0.6 is 0 Å². The molecule has 0 aliphatic carbocycles. The SMILES string of the molecule is CCCCCCCCCCCCCCCCCCN1C=CC(=C2C=CN(CCCCC[n+]3cccc(C4=C5C=CC(=N5)C(c5ccc(C)cc5)=C5C=CC(=[NH+]5)C(c5ccc(C)cc5)=C5C=CC(=[NH+]5)C(c5ccc(C)cc5)=C5C=CC4=N5)c3)C=C2)C=C1. The number of hydrogen-bond donors (Lipinski definition) is 2. The third kappa shape index (κ3) is 15.4. The zero-order valence-corrected chi connectivity index (χ0v) is 51.8. The second-order valence-corrected chi connectivity index (χ2v) is 24.4. The van der Waals surface area contributed by atoms with Gasteiger partial charge in [-0.2, -0.15) is 0 Å². The summed E-state index contributed by atoms with van der Waals surface area (Å²) in [5, 5.41) is 0. The molecule has 0 unspecified atom stereocenters. The zero-order valence-electron chi connectivity index (χ0n) is 51.8. The standard InChI is InChI=1S/C79H88N7/c1-5-6-7-8-9-10-11-12-13-14-15-16-17-18-19-21-50-84-54-46-62(47-55-84)63-48-56-85(57-49-63)51-22-20-23-52-86-53-24-25-67(58-86)79-74-44-42-72(82-74)77(65-34-28-60(3)29-35-65)70-40-38-68(80-70)76(64-32-26-59(2)27-33-64)69-39-41-71(81-69)78(73-43-45-75(79)83-73)66-36-30-61(4)31-37-66/h24-49,53-58H,5-23,50-52H2,1-4H3/q+1/p+2. The maximum atomic E-state index is 5.57. The summed E-state index contributed by atoms with van der Waals surface area (Å²) < 4.78 is 2.35. The number of fused-ring (bicyclic) bond motifs is 4. The molecule has 0 atom stereocenters. The number of pyridine rings is 1. The number of aryl methyl sites for hydroxylation is 4. The Morgan fingerprint density at radius 2 is 0.779 bits per heavy atom. The maximum Gasteiger partial charge on any atom is 0.218 e. The molecule has 8 heterocycles. The molecule has 3 aromatic carbocycles. The summed E-state index contributed by atoms with van der Waals surface area (Å²) in [6.45, 7) is 11.7. The lowest BCUT2D eigenvalue weighted by Gasteiger charge is -2.22. The predicted molar refractivity (Wildman–Crippen MR) is 362 cm³/mol. The highest BCUT2D eigenvalue weighted by Crippen LogP contribution is 2.35. The molecule has 0 spiro atoms. The lowest BCUT2D eigenvalue weighted by Crippen LogP contribution is -2.71. The van der Waals surface area contributed by atoms with Crippen molar-refractivity contribution >= 4 is 45.1 Å². The molecule has 0 radical (unpaired) electrons. The smallest absolute Gasteiger partial charge is 0.218 e. The molecule has 7 aliphatic heterocycles. The first-order valence-corrected chi connectivity index (χ1v) is 32.7. The van der Waals surface area contributed by atoms with E-state index in [1.807, 2.05) is 0 Å². The summed E-state index contributed by atoms with van der Waals surface area (Å²) in [7, 11) is 0. The van der Waals surface area contributed by atoms with E-state index in [0.29, 0.717) is 0 Å². The van der Waals surface area contributed by atoms with E-state index in [1.165, 1.54) is 131 Å². The number of unbranched alkanes of at least 4 members (excludes halogenated alkanes) is 17. The van der Waals surface area contributed by atoms with Crippen LogP contribution in [-0.2, 0) is 6.54 Å². The molecule has 11 rings (SSSR count). The molecule has 7 nitrogen and oxygen atoms in total. The number of aromatic nitrogens is 1. The second kappa shape index (κ2) is 29.7. The largest absolute Gasteiger partial charge is 0.354 e. The Labute approximate surface area is 514 Å². The monoisotopic (exact) mass is 1140 g/mol. The van der Waals surface area contributed by atoms with Crippen LogP contribution in [0.3, 0.4) is 0 Å². The Balaban J connectivity index is 0.735. The second-order valence-electron chi connectivity index (χ2n) is 24.4. The van der Waals surface area contributed by atoms with Gasteiger partial charge in [0.15, 0.2) is 12.4 Å². The first kappa shape index (κ1) is 59.4. The van der Waals surface area contributed by atoms with Crippen LogP contribution in [0.5, 0.6) is 0 Å². The average Bonchev–Trinajstić information content (AvgIpc) is 4.58. The van der Waals surface area contributed by atoms with Gasteiger partial charge in [-0.1, -0.05) is 193 Å². The third-order valence-electron chi connectivity index (χ3n) is 17.6. The van der Waals surface area contributed by atoms with Crippen molar-refractivity contribution in [3.05, 3.63) is 268 Å². The van der Waals surface area contributed by atoms with Gasteiger partial charge in [0.2, 0.25) is 22.8 Å². The quantitative estimate of drug-likeness (QED) is 0.0462. The van der Waals surface area contributed by atoms with Gasteiger partial charge in [0.25, 0.3) is 0 Å². The highest BCUT2D eigenvalue weighted by Gasteiger charge is 2.33. The van der Waals surface area contributed by atoms with Gasteiger partial charge in [-0.05, 0) is 123 Å². The van der Waals surface area contributed by atoms with Crippen molar-refractivity contribution in [2.75, 3.05) is 13.1 Å². The Morgan fingerprint density at radius 3 is 1.28 bits per heavy atom. The summed E-state index contributed by atoms with van der Waals surface area (Å²) in [6.07, 6.45) is 66.0. The van der Waals surface area contributed by atoms with Crippen LogP contribution in [0, 0.1) is 20.8 Å².